The predicted octanol–water partition coefficient (Wildman–Crippen LogP) is 3.08. The van der Waals surface area contributed by atoms with E-state index in [2.05, 4.69) is 5.32 Å². The summed E-state index contributed by atoms with van der Waals surface area (Å²) in [6.45, 7) is 5.61. The molecule has 0 aliphatic heterocycles. The standard InChI is InChI=1S/C15H22ClNO3/c1-4-12(5-2)17-15(19)9-20-14-7-6-11(16)8-13(14)10(3)18/h6-8,10,12,18H,4-5,9H2,1-3H3,(H,17,19)/t10-/m1/s1. The molecule has 2 N–H and O–H groups in total. The van der Waals surface area contributed by atoms with Crippen molar-refractivity contribution in [2.75, 3.05) is 6.61 Å². The van der Waals surface area contributed by atoms with E-state index < -0.39 is 6.10 Å². The van der Waals surface area contributed by atoms with Crippen LogP contribution in [0.15, 0.2) is 18.2 Å². The number of aliphatic hydroxyl groups excluding tert-OH is 1. The summed E-state index contributed by atoms with van der Waals surface area (Å²) in [6.07, 6.45) is 1.08. The molecule has 0 aliphatic carbocycles. The number of benzene rings is 1. The van der Waals surface area contributed by atoms with Crippen LogP contribution in [0.1, 0.15) is 45.3 Å². The molecule has 0 bridgehead atoms. The Bertz CT molecular complexity index is 445. The van der Waals surface area contributed by atoms with Gasteiger partial charge in [-0.1, -0.05) is 25.4 Å². The highest BCUT2D eigenvalue weighted by atomic mass is 35.5. The molecule has 0 aliphatic rings. The third-order valence-corrected chi connectivity index (χ3v) is 3.37. The maximum absolute atomic E-state index is 11.8. The highest BCUT2D eigenvalue weighted by molar-refractivity contribution is 6.30. The average molecular weight is 300 g/mol. The van der Waals surface area contributed by atoms with Crippen LogP contribution in [0.25, 0.3) is 0 Å². The molecule has 1 rings (SSSR count). The Balaban J connectivity index is 2.63. The molecule has 0 saturated carbocycles. The summed E-state index contributed by atoms with van der Waals surface area (Å²) in [7, 11) is 0. The fraction of sp³-hybridized carbons (Fsp3) is 0.533. The molecule has 1 aromatic rings. The highest BCUT2D eigenvalue weighted by Gasteiger charge is 2.13. The predicted molar refractivity (Wildman–Crippen MR) is 80.1 cm³/mol. The summed E-state index contributed by atoms with van der Waals surface area (Å²) < 4.78 is 5.47. The second kappa shape index (κ2) is 8.12. The van der Waals surface area contributed by atoms with Gasteiger partial charge in [-0.25, -0.2) is 0 Å². The first kappa shape index (κ1) is 16.8. The summed E-state index contributed by atoms with van der Waals surface area (Å²) >= 11 is 5.88. The van der Waals surface area contributed by atoms with Crippen LogP contribution in [0.5, 0.6) is 5.75 Å². The zero-order chi connectivity index (χ0) is 15.1. The van der Waals surface area contributed by atoms with Crippen LogP contribution in [-0.2, 0) is 4.79 Å². The molecule has 1 aromatic carbocycles. The lowest BCUT2D eigenvalue weighted by molar-refractivity contribution is -0.123. The summed E-state index contributed by atoms with van der Waals surface area (Å²) in [5, 5.41) is 13.1. The number of nitrogens with one attached hydrogen (secondary N) is 1. The molecular weight excluding hydrogens is 278 g/mol. The van der Waals surface area contributed by atoms with Gasteiger partial charge in [-0.05, 0) is 38.0 Å². The van der Waals surface area contributed by atoms with Gasteiger partial charge in [-0.15, -0.1) is 0 Å². The van der Waals surface area contributed by atoms with Gasteiger partial charge in [0.05, 0.1) is 6.10 Å². The van der Waals surface area contributed by atoms with Gasteiger partial charge in [0, 0.05) is 16.6 Å². The van der Waals surface area contributed by atoms with E-state index in [1.807, 2.05) is 13.8 Å². The maximum Gasteiger partial charge on any atom is 0.258 e. The number of ether oxygens (including phenoxy) is 1. The summed E-state index contributed by atoms with van der Waals surface area (Å²) in [5.41, 5.74) is 0.577. The van der Waals surface area contributed by atoms with Gasteiger partial charge in [0.1, 0.15) is 5.75 Å². The molecule has 0 unspecified atom stereocenters. The summed E-state index contributed by atoms with van der Waals surface area (Å²) in [6, 6.07) is 5.14. The quantitative estimate of drug-likeness (QED) is 0.813. The van der Waals surface area contributed by atoms with Gasteiger partial charge >= 0.3 is 0 Å². The van der Waals surface area contributed by atoms with Crippen molar-refractivity contribution in [3.8, 4) is 5.75 Å². The molecule has 5 heteroatoms. The lowest BCUT2D eigenvalue weighted by Gasteiger charge is -2.17. The fourth-order valence-electron chi connectivity index (χ4n) is 1.88. The van der Waals surface area contributed by atoms with Crippen LogP contribution in [0.4, 0.5) is 0 Å². The Kier molecular flexibility index (Phi) is 6.82. The Morgan fingerprint density at radius 3 is 2.60 bits per heavy atom. The third-order valence-electron chi connectivity index (χ3n) is 3.13. The normalized spacial score (nSPS) is 12.3. The van der Waals surface area contributed by atoms with E-state index in [0.717, 1.165) is 12.8 Å². The van der Waals surface area contributed by atoms with Crippen LogP contribution in [-0.4, -0.2) is 23.7 Å². The van der Waals surface area contributed by atoms with Crippen LogP contribution in [0.2, 0.25) is 5.02 Å². The summed E-state index contributed by atoms with van der Waals surface area (Å²) in [4.78, 5) is 11.8. The van der Waals surface area contributed by atoms with Gasteiger partial charge < -0.3 is 15.2 Å². The number of carbonyl (C=O) groups excluding carboxylic acids is 1. The molecule has 0 saturated heterocycles. The molecule has 1 amide bonds. The zero-order valence-electron chi connectivity index (χ0n) is 12.1. The third kappa shape index (κ3) is 5.02. The second-order valence-corrected chi connectivity index (χ2v) is 5.16. The first-order valence-electron chi connectivity index (χ1n) is 6.87. The molecule has 0 fully saturated rings. The van der Waals surface area contributed by atoms with Crippen LogP contribution in [0, 0.1) is 0 Å². The Hall–Kier alpha value is -1.26. The van der Waals surface area contributed by atoms with Gasteiger partial charge in [0.15, 0.2) is 6.61 Å². The largest absolute Gasteiger partial charge is 0.483 e. The van der Waals surface area contributed by atoms with Crippen molar-refractivity contribution in [2.24, 2.45) is 0 Å². The summed E-state index contributed by atoms with van der Waals surface area (Å²) in [5.74, 6) is 0.314. The lowest BCUT2D eigenvalue weighted by atomic mass is 10.1. The van der Waals surface area contributed by atoms with Crippen molar-refractivity contribution in [2.45, 2.75) is 45.8 Å². The van der Waals surface area contributed by atoms with Crippen molar-refractivity contribution < 1.29 is 14.6 Å². The van der Waals surface area contributed by atoms with Crippen LogP contribution >= 0.6 is 11.6 Å². The molecule has 0 aromatic heterocycles. The van der Waals surface area contributed by atoms with E-state index in [0.29, 0.717) is 16.3 Å². The van der Waals surface area contributed by atoms with E-state index in [-0.39, 0.29) is 18.6 Å². The number of hydrogen-bond donors (Lipinski definition) is 2. The van der Waals surface area contributed by atoms with Crippen molar-refractivity contribution in [1.29, 1.82) is 0 Å². The molecule has 20 heavy (non-hydrogen) atoms. The Labute approximate surface area is 125 Å². The second-order valence-electron chi connectivity index (χ2n) is 4.73. The van der Waals surface area contributed by atoms with Crippen molar-refractivity contribution in [1.82, 2.24) is 5.32 Å². The van der Waals surface area contributed by atoms with Crippen LogP contribution in [0.3, 0.4) is 0 Å². The van der Waals surface area contributed by atoms with Gasteiger partial charge in [-0.2, -0.15) is 0 Å². The number of amides is 1. The molecule has 1 atom stereocenters. The maximum atomic E-state index is 11.8. The van der Waals surface area contributed by atoms with E-state index in [9.17, 15) is 9.90 Å². The SMILES string of the molecule is CCC(CC)NC(=O)COc1ccc(Cl)cc1[C@@H](C)O. The van der Waals surface area contributed by atoms with E-state index in [4.69, 9.17) is 16.3 Å². The molecule has 0 spiro atoms. The topological polar surface area (TPSA) is 58.6 Å². The lowest BCUT2D eigenvalue weighted by Crippen LogP contribution is -2.37. The smallest absolute Gasteiger partial charge is 0.258 e. The number of carbonyl (C=O) groups is 1. The monoisotopic (exact) mass is 299 g/mol. The van der Waals surface area contributed by atoms with E-state index >= 15 is 0 Å². The minimum atomic E-state index is -0.703. The number of rotatable bonds is 7. The Morgan fingerprint density at radius 2 is 2.05 bits per heavy atom. The Morgan fingerprint density at radius 1 is 1.40 bits per heavy atom. The van der Waals surface area contributed by atoms with Gasteiger partial charge in [-0.3, -0.25) is 4.79 Å². The molecular formula is C15H22ClNO3. The first-order chi connectivity index (χ1) is 9.47. The van der Waals surface area contributed by atoms with Gasteiger partial charge in [0.25, 0.3) is 5.91 Å². The van der Waals surface area contributed by atoms with Crippen molar-refractivity contribution >= 4 is 17.5 Å². The number of aliphatic hydroxyl groups is 1. The minimum Gasteiger partial charge on any atom is -0.483 e. The zero-order valence-corrected chi connectivity index (χ0v) is 12.9. The average Bonchev–Trinajstić information content (AvgIpc) is 2.43. The first-order valence-corrected chi connectivity index (χ1v) is 7.25. The van der Waals surface area contributed by atoms with Crippen LogP contribution < -0.4 is 10.1 Å². The van der Waals surface area contributed by atoms with Crippen molar-refractivity contribution in [3.05, 3.63) is 28.8 Å². The fourth-order valence-corrected chi connectivity index (χ4v) is 2.06. The molecule has 4 nitrogen and oxygen atoms in total. The number of hydrogen-bond acceptors (Lipinski definition) is 3. The minimum absolute atomic E-state index is 0.0716. The van der Waals surface area contributed by atoms with Crippen molar-refractivity contribution in [3.63, 3.8) is 0 Å². The number of halogens is 1. The molecule has 0 radical (unpaired) electrons. The molecule has 0 heterocycles. The highest BCUT2D eigenvalue weighted by Crippen LogP contribution is 2.28. The van der Waals surface area contributed by atoms with Gasteiger partial charge in [0.2, 0.25) is 0 Å². The van der Waals surface area contributed by atoms with E-state index in [1.165, 1.54) is 0 Å². The molecule has 112 valence electrons. The van der Waals surface area contributed by atoms with E-state index in [1.54, 1.807) is 25.1 Å².